The van der Waals surface area contributed by atoms with Crippen molar-refractivity contribution >= 4 is 29.0 Å². The molecule has 0 spiro atoms. The summed E-state index contributed by atoms with van der Waals surface area (Å²) in [4.78, 5) is 47.9. The first-order valence-electron chi connectivity index (χ1n) is 9.06. The molecule has 32 heavy (non-hydrogen) atoms. The molecule has 0 heterocycles. The largest absolute Gasteiger partial charge is 0.420 e. The van der Waals surface area contributed by atoms with Gasteiger partial charge in [-0.1, -0.05) is 12.1 Å². The van der Waals surface area contributed by atoms with Crippen LogP contribution in [0.1, 0.15) is 27.0 Å². The van der Waals surface area contributed by atoms with Crippen molar-refractivity contribution in [3.05, 3.63) is 84.5 Å². The fourth-order valence-electron chi connectivity index (χ4n) is 2.77. The maximum atomic E-state index is 12.9. The number of carbonyl (C=O) groups excluding carboxylic acids is 2. The van der Waals surface area contributed by atoms with E-state index in [9.17, 15) is 35.1 Å². The summed E-state index contributed by atoms with van der Waals surface area (Å²) in [7, 11) is 2.68. The van der Waals surface area contributed by atoms with E-state index in [-0.39, 0.29) is 5.56 Å². The number of hydrogen-bond donors (Lipinski definition) is 0. The fraction of sp³-hybridized carbons (Fsp3) is 0.190. The van der Waals surface area contributed by atoms with Gasteiger partial charge in [-0.3, -0.25) is 25.0 Å². The molecule has 0 aromatic heterocycles. The number of ether oxygens (including phenoxy) is 1. The van der Waals surface area contributed by atoms with E-state index in [2.05, 4.69) is 0 Å². The molecule has 0 aliphatic rings. The zero-order valence-electron chi connectivity index (χ0n) is 17.6. The highest BCUT2D eigenvalue weighted by molar-refractivity contribution is 6.07. The Labute approximate surface area is 182 Å². The van der Waals surface area contributed by atoms with Crippen LogP contribution in [0.3, 0.4) is 0 Å². The average molecular weight is 438 g/mol. The number of nitriles is 1. The third-order valence-electron chi connectivity index (χ3n) is 4.32. The third kappa shape index (κ3) is 4.93. The van der Waals surface area contributed by atoms with Crippen LogP contribution in [0, 0.1) is 45.4 Å². The van der Waals surface area contributed by atoms with Crippen molar-refractivity contribution in [3.8, 4) is 6.07 Å². The molecule has 0 aliphatic heterocycles. The van der Waals surface area contributed by atoms with E-state index in [0.717, 1.165) is 17.0 Å². The summed E-state index contributed by atoms with van der Waals surface area (Å²) in [6.45, 7) is 3.21. The van der Waals surface area contributed by atoms with Gasteiger partial charge < -0.3 is 9.64 Å². The summed E-state index contributed by atoms with van der Waals surface area (Å²) in [6.07, 6.45) is 0. The molecule has 11 heteroatoms. The summed E-state index contributed by atoms with van der Waals surface area (Å²) in [6, 6.07) is 9.24. The van der Waals surface area contributed by atoms with Gasteiger partial charge in [0.2, 0.25) is 0 Å². The molecule has 164 valence electrons. The molecule has 0 fully saturated rings. The Morgan fingerprint density at radius 2 is 1.41 bits per heavy atom. The van der Waals surface area contributed by atoms with Gasteiger partial charge in [0.05, 0.1) is 15.4 Å². The smallest absolute Gasteiger partial charge is 0.350 e. The Hall–Kier alpha value is -4.59. The number of nitrogens with zero attached hydrogens (tertiary/aromatic N) is 4. The number of rotatable bonds is 6. The van der Waals surface area contributed by atoms with Gasteiger partial charge in [0, 0.05) is 26.2 Å². The van der Waals surface area contributed by atoms with Gasteiger partial charge in [0.15, 0.2) is 11.3 Å². The van der Waals surface area contributed by atoms with Gasteiger partial charge in [-0.2, -0.15) is 5.26 Å². The predicted octanol–water partition coefficient (Wildman–Crippen LogP) is 3.30. The van der Waals surface area contributed by atoms with E-state index in [1.807, 2.05) is 0 Å². The van der Waals surface area contributed by atoms with Crippen molar-refractivity contribution in [1.82, 2.24) is 4.90 Å². The second-order valence-corrected chi connectivity index (χ2v) is 6.96. The second-order valence-electron chi connectivity index (χ2n) is 6.96. The average Bonchev–Trinajstić information content (AvgIpc) is 2.72. The van der Waals surface area contributed by atoms with Crippen LogP contribution in [-0.4, -0.2) is 40.7 Å². The molecule has 0 bridgehead atoms. The van der Waals surface area contributed by atoms with E-state index in [1.165, 1.54) is 38.4 Å². The normalized spacial score (nSPS) is 11.1. The number of nitro groups is 2. The topological polar surface area (TPSA) is 157 Å². The zero-order valence-corrected chi connectivity index (χ0v) is 17.6. The van der Waals surface area contributed by atoms with Crippen molar-refractivity contribution in [3.63, 3.8) is 0 Å². The molecule has 1 amide bonds. The first kappa shape index (κ1) is 23.7. The second kappa shape index (κ2) is 9.48. The fourth-order valence-corrected chi connectivity index (χ4v) is 2.77. The van der Waals surface area contributed by atoms with Gasteiger partial charge in [-0.05, 0) is 37.1 Å². The van der Waals surface area contributed by atoms with Gasteiger partial charge in [-0.25, -0.2) is 4.79 Å². The predicted molar refractivity (Wildman–Crippen MR) is 112 cm³/mol. The van der Waals surface area contributed by atoms with Crippen molar-refractivity contribution in [1.29, 1.82) is 5.26 Å². The molecule has 2 rings (SSSR count). The zero-order chi connectivity index (χ0) is 24.2. The lowest BCUT2D eigenvalue weighted by Gasteiger charge is -2.15. The van der Waals surface area contributed by atoms with Crippen LogP contribution < -0.4 is 0 Å². The van der Waals surface area contributed by atoms with Crippen LogP contribution in [0.15, 0.2) is 42.0 Å². The van der Waals surface area contributed by atoms with E-state index in [4.69, 9.17) is 4.74 Å². The Kier molecular flexibility index (Phi) is 7.02. The van der Waals surface area contributed by atoms with Gasteiger partial charge in [-0.15, -0.1) is 0 Å². The van der Waals surface area contributed by atoms with Crippen molar-refractivity contribution in [2.45, 2.75) is 13.8 Å². The molecule has 0 saturated carbocycles. The van der Waals surface area contributed by atoms with E-state index in [0.29, 0.717) is 11.1 Å². The highest BCUT2D eigenvalue weighted by Crippen LogP contribution is 2.32. The quantitative estimate of drug-likeness (QED) is 0.166. The van der Waals surface area contributed by atoms with Crippen LogP contribution in [0.5, 0.6) is 0 Å². The number of benzene rings is 2. The molecule has 11 nitrogen and oxygen atoms in total. The molecular formula is C21H18N4O7. The number of carbonyl (C=O) groups is 2. The Balaban J connectivity index is 2.80. The number of amides is 1. The molecule has 0 radical (unpaired) electrons. The van der Waals surface area contributed by atoms with Gasteiger partial charge in [0.1, 0.15) is 11.6 Å². The lowest BCUT2D eigenvalue weighted by atomic mass is 10.0. The van der Waals surface area contributed by atoms with Crippen LogP contribution >= 0.6 is 0 Å². The highest BCUT2D eigenvalue weighted by atomic mass is 16.6. The summed E-state index contributed by atoms with van der Waals surface area (Å²) in [5.74, 6) is -2.78. The molecule has 0 atom stereocenters. The lowest BCUT2D eigenvalue weighted by Crippen LogP contribution is -2.25. The van der Waals surface area contributed by atoms with Crippen LogP contribution in [0.4, 0.5) is 11.4 Å². The number of nitro benzene ring substituents is 2. The van der Waals surface area contributed by atoms with Crippen molar-refractivity contribution in [2.24, 2.45) is 0 Å². The van der Waals surface area contributed by atoms with Crippen LogP contribution in [0.2, 0.25) is 0 Å². The van der Waals surface area contributed by atoms with E-state index in [1.54, 1.807) is 19.9 Å². The number of likely N-dealkylation sites (N-methyl/N-ethyl adjacent to an activating group) is 1. The number of hydrogen-bond acceptors (Lipinski definition) is 8. The summed E-state index contributed by atoms with van der Waals surface area (Å²) >= 11 is 0. The molecule has 0 unspecified atom stereocenters. The maximum Gasteiger partial charge on any atom is 0.350 e. The van der Waals surface area contributed by atoms with Gasteiger partial charge in [0.25, 0.3) is 17.3 Å². The maximum absolute atomic E-state index is 12.9. The first-order chi connectivity index (χ1) is 15.0. The van der Waals surface area contributed by atoms with Crippen molar-refractivity contribution in [2.75, 3.05) is 14.1 Å². The highest BCUT2D eigenvalue weighted by Gasteiger charge is 2.30. The Bertz CT molecular complexity index is 1210. The molecule has 0 aliphatic carbocycles. The Morgan fingerprint density at radius 1 is 0.938 bits per heavy atom. The molecule has 0 saturated heterocycles. The minimum atomic E-state index is -1.24. The first-order valence-corrected chi connectivity index (χ1v) is 9.06. The summed E-state index contributed by atoms with van der Waals surface area (Å²) < 4.78 is 5.30. The standard InChI is InChI=1S/C21H18N4O7/c1-12-5-7-17(24(28)29)14(9-12)19(16(11-22)20(26)23(3)4)32-21(27)15-10-13(2)6-8-18(15)25(30)31/h5-10H,1-4H3/b19-16-. The summed E-state index contributed by atoms with van der Waals surface area (Å²) in [5, 5.41) is 32.5. The van der Waals surface area contributed by atoms with E-state index >= 15 is 0 Å². The molecule has 0 N–H and O–H groups in total. The SMILES string of the molecule is Cc1ccc([N+](=O)[O-])c(C(=O)O/C(=C(/C#N)C(=O)N(C)C)c2cc(C)ccc2[N+](=O)[O-])c1. The summed E-state index contributed by atoms with van der Waals surface area (Å²) in [5.41, 5.74) is -1.43. The van der Waals surface area contributed by atoms with Crippen LogP contribution in [0.25, 0.3) is 5.76 Å². The minimum absolute atomic E-state index is 0.287. The van der Waals surface area contributed by atoms with Crippen LogP contribution in [-0.2, 0) is 9.53 Å². The number of esters is 1. The monoisotopic (exact) mass is 438 g/mol. The third-order valence-corrected chi connectivity index (χ3v) is 4.32. The minimum Gasteiger partial charge on any atom is -0.420 e. The van der Waals surface area contributed by atoms with E-state index < -0.39 is 50.0 Å². The Morgan fingerprint density at radius 3 is 1.84 bits per heavy atom. The molecular weight excluding hydrogens is 420 g/mol. The van der Waals surface area contributed by atoms with Crippen molar-refractivity contribution < 1.29 is 24.2 Å². The van der Waals surface area contributed by atoms with Gasteiger partial charge >= 0.3 is 5.97 Å². The lowest BCUT2D eigenvalue weighted by molar-refractivity contribution is -0.385. The number of aryl methyl sites for hydroxylation is 2. The molecule has 2 aromatic carbocycles. The molecule has 2 aromatic rings.